The number of amides is 1. The van der Waals surface area contributed by atoms with E-state index in [0.717, 1.165) is 17.7 Å². The van der Waals surface area contributed by atoms with Crippen molar-refractivity contribution < 1.29 is 13.2 Å². The van der Waals surface area contributed by atoms with Crippen molar-refractivity contribution >= 4 is 32.4 Å². The lowest BCUT2D eigenvalue weighted by Gasteiger charge is -2.24. The molecular formula is C21H31N3O3S2. The summed E-state index contributed by atoms with van der Waals surface area (Å²) in [4.78, 5) is 19.3. The maximum atomic E-state index is 13.2. The Balaban J connectivity index is 2.25. The lowest BCUT2D eigenvalue weighted by Crippen LogP contribution is -2.48. The Morgan fingerprint density at radius 3 is 2.38 bits per heavy atom. The predicted molar refractivity (Wildman–Crippen MR) is 119 cm³/mol. The third kappa shape index (κ3) is 6.10. The van der Waals surface area contributed by atoms with E-state index in [-0.39, 0.29) is 16.7 Å². The second kappa shape index (κ2) is 9.82. The molecule has 0 aliphatic heterocycles. The molecular weight excluding hydrogens is 406 g/mol. The summed E-state index contributed by atoms with van der Waals surface area (Å²) >= 11 is 1.40. The molecule has 6 nitrogen and oxygen atoms in total. The summed E-state index contributed by atoms with van der Waals surface area (Å²) in [5.41, 5.74) is 1.92. The van der Waals surface area contributed by atoms with Crippen molar-refractivity contribution in [1.82, 2.24) is 9.71 Å². The normalized spacial score (nSPS) is 14.0. The van der Waals surface area contributed by atoms with Crippen LogP contribution in [0.1, 0.15) is 57.7 Å². The molecule has 0 spiro atoms. The molecule has 2 unspecified atom stereocenters. The Labute approximate surface area is 178 Å². The van der Waals surface area contributed by atoms with Crippen LogP contribution in [0.2, 0.25) is 0 Å². The lowest BCUT2D eigenvalue weighted by atomic mass is 10.0. The number of nitrogens with one attached hydrogen (secondary N) is 1. The van der Waals surface area contributed by atoms with Gasteiger partial charge in [-0.3, -0.25) is 9.69 Å². The molecule has 160 valence electrons. The van der Waals surface area contributed by atoms with Gasteiger partial charge in [0.1, 0.15) is 6.04 Å². The second-order valence-corrected chi connectivity index (χ2v) is 10.4. The van der Waals surface area contributed by atoms with Crippen molar-refractivity contribution in [2.45, 2.75) is 64.3 Å². The van der Waals surface area contributed by atoms with Gasteiger partial charge in [0.15, 0.2) is 5.13 Å². The van der Waals surface area contributed by atoms with Gasteiger partial charge in [0.2, 0.25) is 15.9 Å². The molecule has 8 heteroatoms. The van der Waals surface area contributed by atoms with E-state index < -0.39 is 16.1 Å². The highest BCUT2D eigenvalue weighted by atomic mass is 32.2. The van der Waals surface area contributed by atoms with Crippen LogP contribution in [-0.2, 0) is 14.8 Å². The molecule has 0 aliphatic carbocycles. The summed E-state index contributed by atoms with van der Waals surface area (Å²) in [6.07, 6.45) is 1.37. The molecule has 2 rings (SSSR count). The highest BCUT2D eigenvalue weighted by molar-refractivity contribution is 7.89. The van der Waals surface area contributed by atoms with Gasteiger partial charge >= 0.3 is 0 Å². The quantitative estimate of drug-likeness (QED) is 0.633. The maximum absolute atomic E-state index is 13.2. The van der Waals surface area contributed by atoms with E-state index in [1.807, 2.05) is 26.2 Å². The van der Waals surface area contributed by atoms with Crippen molar-refractivity contribution in [3.05, 3.63) is 40.9 Å². The Morgan fingerprint density at radius 1 is 1.21 bits per heavy atom. The fourth-order valence-electron chi connectivity index (χ4n) is 2.84. The van der Waals surface area contributed by atoms with Crippen LogP contribution in [0.25, 0.3) is 0 Å². The third-order valence-electron chi connectivity index (χ3n) is 4.88. The topological polar surface area (TPSA) is 79.4 Å². The molecule has 1 heterocycles. The third-order valence-corrected chi connectivity index (χ3v) is 7.30. The van der Waals surface area contributed by atoms with Gasteiger partial charge in [-0.2, -0.15) is 4.72 Å². The van der Waals surface area contributed by atoms with E-state index in [1.54, 1.807) is 31.3 Å². The van der Waals surface area contributed by atoms with Gasteiger partial charge in [0.25, 0.3) is 0 Å². The maximum Gasteiger partial charge on any atom is 0.246 e. The van der Waals surface area contributed by atoms with Crippen molar-refractivity contribution in [1.29, 1.82) is 0 Å². The Morgan fingerprint density at radius 2 is 1.83 bits per heavy atom. The molecule has 1 aromatic heterocycles. The Bertz CT molecular complexity index is 921. The zero-order chi connectivity index (χ0) is 21.8. The van der Waals surface area contributed by atoms with Crippen molar-refractivity contribution in [3.63, 3.8) is 0 Å². The molecule has 2 aromatic rings. The van der Waals surface area contributed by atoms with Crippen LogP contribution in [0.4, 0.5) is 5.13 Å². The number of likely N-dealkylation sites (N-methyl/N-ethyl adjacent to an activating group) is 1. The highest BCUT2D eigenvalue weighted by Gasteiger charge is 2.30. The molecule has 1 aromatic carbocycles. The molecule has 2 atom stereocenters. The second-order valence-electron chi connectivity index (χ2n) is 7.88. The number of aryl methyl sites for hydroxylation is 1. The molecule has 1 N–H and O–H groups in total. The van der Waals surface area contributed by atoms with Crippen LogP contribution in [0.3, 0.4) is 0 Å². The number of aromatic nitrogens is 1. The van der Waals surface area contributed by atoms with Gasteiger partial charge in [0.05, 0.1) is 10.6 Å². The zero-order valence-electron chi connectivity index (χ0n) is 18.0. The summed E-state index contributed by atoms with van der Waals surface area (Å²) in [5.74, 6) is 0.152. The van der Waals surface area contributed by atoms with Gasteiger partial charge < -0.3 is 0 Å². The van der Waals surface area contributed by atoms with Gasteiger partial charge in [0, 0.05) is 12.4 Å². The molecule has 0 aliphatic rings. The SMILES string of the molecule is CCC(C)c1csc(N(C)C(=O)C(CC(C)C)NS(=O)(=O)c2ccc(C)cc2)n1. The molecule has 0 saturated heterocycles. The fraction of sp³-hybridized carbons (Fsp3) is 0.524. The van der Waals surface area contributed by atoms with E-state index in [9.17, 15) is 13.2 Å². The highest BCUT2D eigenvalue weighted by Crippen LogP contribution is 2.27. The number of rotatable bonds is 9. The van der Waals surface area contributed by atoms with Crippen LogP contribution in [-0.4, -0.2) is 32.4 Å². The van der Waals surface area contributed by atoms with Gasteiger partial charge in [-0.15, -0.1) is 11.3 Å². The number of hydrogen-bond acceptors (Lipinski definition) is 5. The van der Waals surface area contributed by atoms with Crippen LogP contribution in [0.5, 0.6) is 0 Å². The van der Waals surface area contributed by atoms with Crippen molar-refractivity contribution in [2.24, 2.45) is 5.92 Å². The molecule has 1 amide bonds. The summed E-state index contributed by atoms with van der Waals surface area (Å²) < 4.78 is 28.3. The van der Waals surface area contributed by atoms with Crippen LogP contribution >= 0.6 is 11.3 Å². The first-order chi connectivity index (χ1) is 13.5. The Hall–Kier alpha value is -1.77. The van der Waals surface area contributed by atoms with Crippen LogP contribution in [0.15, 0.2) is 34.5 Å². The lowest BCUT2D eigenvalue weighted by molar-refractivity contribution is -0.120. The number of anilines is 1. The predicted octanol–water partition coefficient (Wildman–Crippen LogP) is 4.32. The first kappa shape index (κ1) is 23.5. The smallest absolute Gasteiger partial charge is 0.246 e. The van der Waals surface area contributed by atoms with E-state index in [2.05, 4.69) is 23.6 Å². The van der Waals surface area contributed by atoms with Crippen molar-refractivity contribution in [2.75, 3.05) is 11.9 Å². The molecule has 0 fully saturated rings. The number of benzene rings is 1. The number of carbonyl (C=O) groups is 1. The standard InChI is InChI=1S/C21H31N3O3S2/c1-7-16(5)19-13-28-21(22-19)24(6)20(25)18(12-14(2)3)23-29(26,27)17-10-8-15(4)9-11-17/h8-11,13-14,16,18,23H,7,12H2,1-6H3. The monoisotopic (exact) mass is 437 g/mol. The van der Waals surface area contributed by atoms with Crippen LogP contribution in [0, 0.1) is 12.8 Å². The average Bonchev–Trinajstić information content (AvgIpc) is 3.15. The number of hydrogen-bond donors (Lipinski definition) is 1. The van der Waals surface area contributed by atoms with E-state index in [1.165, 1.54) is 16.2 Å². The molecule has 0 bridgehead atoms. The van der Waals surface area contributed by atoms with E-state index in [4.69, 9.17) is 0 Å². The zero-order valence-corrected chi connectivity index (χ0v) is 19.6. The van der Waals surface area contributed by atoms with Gasteiger partial charge in [-0.1, -0.05) is 45.4 Å². The molecule has 0 saturated carbocycles. The minimum Gasteiger partial charge on any atom is -0.290 e. The minimum absolute atomic E-state index is 0.144. The molecule has 0 radical (unpaired) electrons. The number of thiazole rings is 1. The van der Waals surface area contributed by atoms with E-state index in [0.29, 0.717) is 17.5 Å². The summed E-state index contributed by atoms with van der Waals surface area (Å²) in [6.45, 7) is 10.0. The first-order valence-electron chi connectivity index (χ1n) is 9.87. The minimum atomic E-state index is -3.81. The number of carbonyl (C=O) groups excluding carboxylic acids is 1. The summed E-state index contributed by atoms with van der Waals surface area (Å²) in [6, 6.07) is 5.73. The van der Waals surface area contributed by atoms with E-state index >= 15 is 0 Å². The fourth-order valence-corrected chi connectivity index (χ4v) is 4.96. The van der Waals surface area contributed by atoms with Crippen LogP contribution < -0.4 is 9.62 Å². The van der Waals surface area contributed by atoms with Crippen molar-refractivity contribution in [3.8, 4) is 0 Å². The molecule has 29 heavy (non-hydrogen) atoms. The van der Waals surface area contributed by atoms with Gasteiger partial charge in [-0.25, -0.2) is 13.4 Å². The largest absolute Gasteiger partial charge is 0.290 e. The number of sulfonamides is 1. The number of nitrogens with zero attached hydrogens (tertiary/aromatic N) is 2. The van der Waals surface area contributed by atoms with Gasteiger partial charge in [-0.05, 0) is 43.7 Å². The summed E-state index contributed by atoms with van der Waals surface area (Å²) in [7, 11) is -2.16. The Kier molecular flexibility index (Phi) is 7.96. The summed E-state index contributed by atoms with van der Waals surface area (Å²) in [5, 5.41) is 2.54. The first-order valence-corrected chi connectivity index (χ1v) is 12.2. The average molecular weight is 438 g/mol.